The van der Waals surface area contributed by atoms with E-state index in [1.54, 1.807) is 42.2 Å². The average molecular weight is 503 g/mol. The molecule has 0 bridgehead atoms. The summed E-state index contributed by atoms with van der Waals surface area (Å²) in [5.41, 5.74) is 10.4. The van der Waals surface area contributed by atoms with E-state index in [2.05, 4.69) is 14.7 Å². The molecule has 3 aromatic carbocycles. The molecular formula is C25H22N6O2S2. The summed E-state index contributed by atoms with van der Waals surface area (Å²) in [7, 11) is -3.86. The Morgan fingerprint density at radius 2 is 1.83 bits per heavy atom. The summed E-state index contributed by atoms with van der Waals surface area (Å²) in [6.07, 6.45) is 1.58. The second kappa shape index (κ2) is 9.05. The van der Waals surface area contributed by atoms with Crippen molar-refractivity contribution in [1.82, 2.24) is 15.0 Å². The first-order valence-electron chi connectivity index (χ1n) is 10.7. The number of H-pyrrole nitrogens is 1. The van der Waals surface area contributed by atoms with Crippen LogP contribution in [0.5, 0.6) is 0 Å². The Labute approximate surface area is 206 Å². The van der Waals surface area contributed by atoms with Crippen molar-refractivity contribution in [1.29, 1.82) is 5.41 Å². The Morgan fingerprint density at radius 1 is 1.06 bits per heavy atom. The Balaban J connectivity index is 1.39. The van der Waals surface area contributed by atoms with Gasteiger partial charge < -0.3 is 10.7 Å². The maximum atomic E-state index is 13.2. The average Bonchev–Trinajstić information content (AvgIpc) is 3.28. The number of aromatic nitrogens is 3. The van der Waals surface area contributed by atoms with Crippen LogP contribution in [0.1, 0.15) is 16.7 Å². The number of benzene rings is 3. The van der Waals surface area contributed by atoms with Crippen molar-refractivity contribution in [2.24, 2.45) is 5.73 Å². The predicted molar refractivity (Wildman–Crippen MR) is 140 cm³/mol. The molecule has 176 valence electrons. The number of nitrogen functional groups attached to an aromatic ring is 1. The number of hydrogen-bond donors (Lipinski definition) is 4. The van der Waals surface area contributed by atoms with Crippen molar-refractivity contribution in [2.75, 3.05) is 4.72 Å². The molecule has 0 radical (unpaired) electrons. The highest BCUT2D eigenvalue weighted by molar-refractivity contribution is 7.98. The quantitative estimate of drug-likeness (QED) is 0.143. The van der Waals surface area contributed by atoms with Crippen molar-refractivity contribution in [2.45, 2.75) is 22.7 Å². The molecule has 35 heavy (non-hydrogen) atoms. The number of anilines is 1. The summed E-state index contributed by atoms with van der Waals surface area (Å²) >= 11 is 1.54. The molecule has 2 heterocycles. The number of nitrogens with two attached hydrogens (primary N) is 1. The van der Waals surface area contributed by atoms with Gasteiger partial charge in [-0.1, -0.05) is 54.2 Å². The van der Waals surface area contributed by atoms with E-state index >= 15 is 0 Å². The van der Waals surface area contributed by atoms with E-state index in [0.717, 1.165) is 27.2 Å². The van der Waals surface area contributed by atoms with Crippen molar-refractivity contribution < 1.29 is 8.42 Å². The van der Waals surface area contributed by atoms with E-state index in [-0.39, 0.29) is 10.7 Å². The van der Waals surface area contributed by atoms with Crippen LogP contribution in [-0.4, -0.2) is 29.2 Å². The van der Waals surface area contributed by atoms with Crippen LogP contribution in [0.25, 0.3) is 21.9 Å². The van der Waals surface area contributed by atoms with Crippen LogP contribution < -0.4 is 10.5 Å². The fourth-order valence-electron chi connectivity index (χ4n) is 3.79. The number of thioether (sulfide) groups is 1. The molecule has 0 fully saturated rings. The zero-order valence-electron chi connectivity index (χ0n) is 18.7. The van der Waals surface area contributed by atoms with Gasteiger partial charge in [0, 0.05) is 28.5 Å². The van der Waals surface area contributed by atoms with Gasteiger partial charge in [-0.3, -0.25) is 15.1 Å². The summed E-state index contributed by atoms with van der Waals surface area (Å²) in [5.74, 6) is 0.727. The molecular weight excluding hydrogens is 480 g/mol. The lowest BCUT2D eigenvalue weighted by Crippen LogP contribution is -2.14. The van der Waals surface area contributed by atoms with Gasteiger partial charge in [0.25, 0.3) is 10.0 Å². The summed E-state index contributed by atoms with van der Waals surface area (Å²) < 4.78 is 29.2. The molecule has 0 saturated carbocycles. The molecule has 0 unspecified atom stereocenters. The van der Waals surface area contributed by atoms with E-state index in [1.165, 1.54) is 0 Å². The van der Waals surface area contributed by atoms with E-state index < -0.39 is 10.0 Å². The largest absolute Gasteiger partial charge is 0.384 e. The highest BCUT2D eigenvalue weighted by Gasteiger charge is 2.20. The van der Waals surface area contributed by atoms with Gasteiger partial charge >= 0.3 is 0 Å². The number of hydrogen-bond acceptors (Lipinski definition) is 6. The van der Waals surface area contributed by atoms with Crippen molar-refractivity contribution in [3.8, 4) is 0 Å². The van der Waals surface area contributed by atoms with Gasteiger partial charge in [-0.15, -0.1) is 0 Å². The lowest BCUT2D eigenvalue weighted by atomic mass is 10.1. The van der Waals surface area contributed by atoms with Crippen LogP contribution in [0.2, 0.25) is 0 Å². The molecule has 5 rings (SSSR count). The summed E-state index contributed by atoms with van der Waals surface area (Å²) in [5, 5.41) is 8.98. The second-order valence-electron chi connectivity index (χ2n) is 8.01. The number of fused-ring (bicyclic) bond motifs is 2. The van der Waals surface area contributed by atoms with E-state index in [4.69, 9.17) is 16.1 Å². The lowest BCUT2D eigenvalue weighted by molar-refractivity contribution is 0.602. The third-order valence-electron chi connectivity index (χ3n) is 5.66. The van der Waals surface area contributed by atoms with Crippen LogP contribution in [0, 0.1) is 12.3 Å². The lowest BCUT2D eigenvalue weighted by Gasteiger charge is -2.12. The van der Waals surface area contributed by atoms with E-state index in [1.807, 2.05) is 49.4 Å². The zero-order valence-corrected chi connectivity index (χ0v) is 20.4. The first-order valence-corrected chi connectivity index (χ1v) is 13.2. The van der Waals surface area contributed by atoms with Gasteiger partial charge in [-0.25, -0.2) is 13.4 Å². The van der Waals surface area contributed by atoms with Gasteiger partial charge in [0.15, 0.2) is 5.16 Å². The second-order valence-corrected chi connectivity index (χ2v) is 10.6. The minimum Gasteiger partial charge on any atom is -0.384 e. The fraction of sp³-hybridized carbons (Fsp3) is 0.0800. The minimum atomic E-state index is -3.86. The van der Waals surface area contributed by atoms with Crippen molar-refractivity contribution >= 4 is 55.2 Å². The monoisotopic (exact) mass is 502 g/mol. The summed E-state index contributed by atoms with van der Waals surface area (Å²) in [4.78, 5) is 12.4. The Morgan fingerprint density at radius 3 is 2.60 bits per heavy atom. The molecule has 5 aromatic rings. The number of nitrogens with zero attached hydrogens (tertiary/aromatic N) is 2. The predicted octanol–water partition coefficient (Wildman–Crippen LogP) is 4.80. The minimum absolute atomic E-state index is 0.0418. The maximum absolute atomic E-state index is 13.2. The normalized spacial score (nSPS) is 11.7. The maximum Gasteiger partial charge on any atom is 0.264 e. The molecule has 8 nitrogen and oxygen atoms in total. The molecule has 0 atom stereocenters. The SMILES string of the molecule is Cc1c(NS(=O)(=O)c2cccc3cccnc23)ccc2[nH]c(SCc3ccc(C(=N)N)cc3)nc12. The number of aromatic amines is 1. The first-order chi connectivity index (χ1) is 16.8. The molecule has 10 heteroatoms. The Bertz CT molecular complexity index is 1670. The number of nitrogens with one attached hydrogen (secondary N) is 3. The smallest absolute Gasteiger partial charge is 0.264 e. The topological polar surface area (TPSA) is 138 Å². The third-order valence-corrected chi connectivity index (χ3v) is 8.00. The van der Waals surface area contributed by atoms with E-state index in [9.17, 15) is 8.42 Å². The van der Waals surface area contributed by atoms with Crippen molar-refractivity contribution in [3.63, 3.8) is 0 Å². The Kier molecular flexibility index (Phi) is 5.91. The standard InChI is InChI=1S/C25H22N6O2S2/c1-15-19(31-35(32,33)21-6-2-4-17-5-3-13-28-23(17)21)11-12-20-22(15)30-25(29-20)34-14-16-7-9-18(10-8-16)24(26)27/h2-13,31H,14H2,1H3,(H3,26,27)(H,29,30). The van der Waals surface area contributed by atoms with Crippen LogP contribution in [-0.2, 0) is 15.8 Å². The first kappa shape index (κ1) is 22.9. The number of para-hydroxylation sites is 1. The summed E-state index contributed by atoms with van der Waals surface area (Å²) in [6.45, 7) is 1.84. The van der Waals surface area contributed by atoms with Crippen LogP contribution in [0.3, 0.4) is 0 Å². The number of pyridine rings is 1. The molecule has 0 spiro atoms. The number of amidine groups is 1. The molecule has 0 saturated heterocycles. The van der Waals surface area contributed by atoms with Crippen LogP contribution in [0.15, 0.2) is 83.0 Å². The van der Waals surface area contributed by atoms with Gasteiger partial charge in [0.1, 0.15) is 10.7 Å². The van der Waals surface area contributed by atoms with Gasteiger partial charge in [-0.05, 0) is 36.8 Å². The highest BCUT2D eigenvalue weighted by atomic mass is 32.2. The highest BCUT2D eigenvalue weighted by Crippen LogP contribution is 2.30. The summed E-state index contributed by atoms with van der Waals surface area (Å²) in [6, 6.07) is 19.8. The van der Waals surface area contributed by atoms with Crippen molar-refractivity contribution in [3.05, 3.63) is 89.6 Å². The molecule has 0 aliphatic heterocycles. The zero-order chi connectivity index (χ0) is 24.6. The number of rotatable bonds is 7. The molecule has 0 amide bonds. The fourth-order valence-corrected chi connectivity index (χ4v) is 5.93. The molecule has 0 aliphatic rings. The number of sulfonamides is 1. The van der Waals surface area contributed by atoms with Gasteiger partial charge in [0.05, 0.1) is 22.2 Å². The van der Waals surface area contributed by atoms with Gasteiger partial charge in [-0.2, -0.15) is 0 Å². The van der Waals surface area contributed by atoms with Gasteiger partial charge in [0.2, 0.25) is 0 Å². The van der Waals surface area contributed by atoms with Crippen LogP contribution >= 0.6 is 11.8 Å². The number of aryl methyl sites for hydroxylation is 1. The molecule has 5 N–H and O–H groups in total. The third kappa shape index (κ3) is 4.58. The number of imidazole rings is 1. The Hall–Kier alpha value is -3.89. The van der Waals surface area contributed by atoms with E-state index in [0.29, 0.717) is 28.0 Å². The molecule has 0 aliphatic carbocycles. The van der Waals surface area contributed by atoms with Crippen LogP contribution in [0.4, 0.5) is 5.69 Å². The molecule has 2 aromatic heterocycles.